The third-order valence-corrected chi connectivity index (χ3v) is 6.40. The molecule has 182 valence electrons. The number of aromatic nitrogens is 3. The van der Waals surface area contributed by atoms with Crippen molar-refractivity contribution in [1.82, 2.24) is 14.8 Å². The van der Waals surface area contributed by atoms with Gasteiger partial charge in [0.2, 0.25) is 5.91 Å². The molecule has 0 saturated carbocycles. The normalized spacial score (nSPS) is 12.9. The molecule has 0 aliphatic rings. The van der Waals surface area contributed by atoms with E-state index in [0.29, 0.717) is 41.4 Å². The molecule has 3 aromatic rings. The largest absolute Gasteiger partial charge is 0.497 e. The molecule has 0 aliphatic carbocycles. The van der Waals surface area contributed by atoms with Crippen molar-refractivity contribution in [1.29, 1.82) is 0 Å². The smallest absolute Gasteiger partial charge is 0.238 e. The van der Waals surface area contributed by atoms with Crippen molar-refractivity contribution in [3.63, 3.8) is 0 Å². The molecule has 2 unspecified atom stereocenters. The van der Waals surface area contributed by atoms with E-state index in [1.54, 1.807) is 25.3 Å². The Labute approximate surface area is 204 Å². The molecule has 1 N–H and O–H groups in total. The number of hydrogen-bond acceptors (Lipinski definition) is 6. The molecular formula is C25H31FN4O3S. The van der Waals surface area contributed by atoms with Crippen LogP contribution in [0.3, 0.4) is 0 Å². The fourth-order valence-corrected chi connectivity index (χ4v) is 4.35. The first-order valence-corrected chi connectivity index (χ1v) is 12.2. The van der Waals surface area contributed by atoms with E-state index in [1.807, 2.05) is 42.7 Å². The van der Waals surface area contributed by atoms with Crippen LogP contribution in [-0.2, 0) is 11.3 Å². The molecule has 0 aliphatic heterocycles. The van der Waals surface area contributed by atoms with Crippen LogP contribution in [0.2, 0.25) is 0 Å². The van der Waals surface area contributed by atoms with E-state index in [4.69, 9.17) is 9.47 Å². The number of benzene rings is 2. The highest BCUT2D eigenvalue weighted by molar-refractivity contribution is 8.00. The van der Waals surface area contributed by atoms with Gasteiger partial charge in [-0.2, -0.15) is 0 Å². The average Bonchev–Trinajstić information content (AvgIpc) is 3.20. The summed E-state index contributed by atoms with van der Waals surface area (Å²) >= 11 is 1.32. The van der Waals surface area contributed by atoms with E-state index in [0.717, 1.165) is 0 Å². The van der Waals surface area contributed by atoms with E-state index in [9.17, 15) is 9.18 Å². The first kappa shape index (κ1) is 25.6. The van der Waals surface area contributed by atoms with Gasteiger partial charge in [-0.05, 0) is 43.5 Å². The van der Waals surface area contributed by atoms with Crippen LogP contribution in [0, 0.1) is 11.7 Å². The summed E-state index contributed by atoms with van der Waals surface area (Å²) in [6.07, 6.45) is 0.171. The lowest BCUT2D eigenvalue weighted by Crippen LogP contribution is -2.26. The summed E-state index contributed by atoms with van der Waals surface area (Å²) in [5.74, 6) is 1.62. The maximum Gasteiger partial charge on any atom is 0.238 e. The van der Waals surface area contributed by atoms with Crippen LogP contribution >= 0.6 is 11.8 Å². The number of carbonyl (C=O) groups is 1. The number of amides is 1. The molecule has 1 heterocycles. The number of anilines is 1. The van der Waals surface area contributed by atoms with Gasteiger partial charge in [-0.15, -0.1) is 10.2 Å². The number of nitrogens with zero attached hydrogens (tertiary/aromatic N) is 3. The Bertz CT molecular complexity index is 1110. The van der Waals surface area contributed by atoms with Crippen molar-refractivity contribution in [2.45, 2.75) is 57.2 Å². The summed E-state index contributed by atoms with van der Waals surface area (Å²) in [5.41, 5.74) is 0.163. The highest BCUT2D eigenvalue weighted by Gasteiger charge is 2.26. The molecule has 0 saturated heterocycles. The van der Waals surface area contributed by atoms with Crippen LogP contribution in [0.25, 0.3) is 0 Å². The highest BCUT2D eigenvalue weighted by Crippen LogP contribution is 2.30. The van der Waals surface area contributed by atoms with Gasteiger partial charge in [-0.3, -0.25) is 4.79 Å². The molecular weight excluding hydrogens is 455 g/mol. The van der Waals surface area contributed by atoms with Crippen molar-refractivity contribution >= 4 is 23.4 Å². The molecule has 2 aromatic carbocycles. The molecule has 0 fully saturated rings. The average molecular weight is 487 g/mol. The fraction of sp³-hybridized carbons (Fsp3) is 0.400. The van der Waals surface area contributed by atoms with Gasteiger partial charge in [0, 0.05) is 12.6 Å². The van der Waals surface area contributed by atoms with Gasteiger partial charge in [-0.25, -0.2) is 4.39 Å². The third kappa shape index (κ3) is 6.50. The second kappa shape index (κ2) is 11.9. The zero-order valence-electron chi connectivity index (χ0n) is 20.1. The van der Waals surface area contributed by atoms with Crippen LogP contribution in [-0.4, -0.2) is 33.0 Å². The lowest BCUT2D eigenvalue weighted by molar-refractivity contribution is -0.115. The predicted octanol–water partition coefficient (Wildman–Crippen LogP) is 5.73. The van der Waals surface area contributed by atoms with Crippen LogP contribution < -0.4 is 14.8 Å². The fourth-order valence-electron chi connectivity index (χ4n) is 3.38. The monoisotopic (exact) mass is 486 g/mol. The molecule has 0 radical (unpaired) electrons. The first-order chi connectivity index (χ1) is 16.3. The van der Waals surface area contributed by atoms with Crippen LogP contribution in [0.1, 0.15) is 46.0 Å². The van der Waals surface area contributed by atoms with Crippen molar-refractivity contribution in [2.75, 3.05) is 12.4 Å². The summed E-state index contributed by atoms with van der Waals surface area (Å²) in [6, 6.07) is 13.5. The van der Waals surface area contributed by atoms with E-state index >= 15 is 0 Å². The van der Waals surface area contributed by atoms with Gasteiger partial charge in [0.15, 0.2) is 17.1 Å². The van der Waals surface area contributed by atoms with Gasteiger partial charge in [0.1, 0.15) is 17.3 Å². The number of ether oxygens (including phenoxy) is 2. The van der Waals surface area contributed by atoms with Gasteiger partial charge in [0.05, 0.1) is 18.0 Å². The second-order valence-corrected chi connectivity index (χ2v) is 9.44. The molecule has 3 rings (SSSR count). The number of rotatable bonds is 11. The number of para-hydroxylation sites is 1. The summed E-state index contributed by atoms with van der Waals surface area (Å²) in [5, 5.41) is 11.6. The van der Waals surface area contributed by atoms with Crippen molar-refractivity contribution in [3.05, 3.63) is 60.2 Å². The van der Waals surface area contributed by atoms with E-state index in [2.05, 4.69) is 29.4 Å². The minimum absolute atomic E-state index is 0.163. The molecule has 9 heteroatoms. The number of methoxy groups -OCH3 is 1. The van der Waals surface area contributed by atoms with Crippen molar-refractivity contribution in [3.8, 4) is 11.5 Å². The Morgan fingerprint density at radius 1 is 1.12 bits per heavy atom. The Morgan fingerprint density at radius 2 is 1.85 bits per heavy atom. The number of hydrogen-bond donors (Lipinski definition) is 1. The van der Waals surface area contributed by atoms with Crippen LogP contribution in [0.15, 0.2) is 53.7 Å². The number of halogens is 1. The highest BCUT2D eigenvalue weighted by atomic mass is 32.2. The number of carbonyl (C=O) groups excluding carboxylic acids is 1. The first-order valence-electron chi connectivity index (χ1n) is 11.3. The molecule has 7 nitrogen and oxygen atoms in total. The molecule has 0 bridgehead atoms. The maximum absolute atomic E-state index is 14.0. The lowest BCUT2D eigenvalue weighted by Gasteiger charge is -2.19. The lowest BCUT2D eigenvalue weighted by atomic mass is 10.2. The minimum atomic E-state index is -0.468. The SMILES string of the molecule is CCC(Sc1nnc(C(C)Oc2cccc(OC)c2)n1CC(C)C)C(=O)Nc1ccccc1F. The standard InChI is InChI=1S/C25H31FN4O3S/c1-6-22(24(31)27-21-13-8-7-12-20(21)26)34-25-29-28-23(30(25)15-16(2)3)17(4)33-19-11-9-10-18(14-19)32-5/h7-14,16-17,22H,6,15H2,1-5H3,(H,27,31). The van der Waals surface area contributed by atoms with Crippen molar-refractivity contribution in [2.24, 2.45) is 5.92 Å². The molecule has 0 spiro atoms. The summed E-state index contributed by atoms with van der Waals surface area (Å²) in [7, 11) is 1.61. The third-order valence-electron chi connectivity index (χ3n) is 5.05. The number of nitrogens with one attached hydrogen (secondary N) is 1. The second-order valence-electron chi connectivity index (χ2n) is 8.27. The maximum atomic E-state index is 14.0. The molecule has 1 amide bonds. The van der Waals surface area contributed by atoms with Gasteiger partial charge in [-0.1, -0.05) is 50.7 Å². The Kier molecular flexibility index (Phi) is 8.92. The van der Waals surface area contributed by atoms with Gasteiger partial charge in [0.25, 0.3) is 0 Å². The predicted molar refractivity (Wildman–Crippen MR) is 132 cm³/mol. The zero-order valence-corrected chi connectivity index (χ0v) is 20.9. The Morgan fingerprint density at radius 3 is 2.53 bits per heavy atom. The topological polar surface area (TPSA) is 78.3 Å². The van der Waals surface area contributed by atoms with Gasteiger partial charge >= 0.3 is 0 Å². The number of thioether (sulfide) groups is 1. The Hall–Kier alpha value is -3.07. The Balaban J connectivity index is 1.80. The van der Waals surface area contributed by atoms with E-state index in [1.165, 1.54) is 17.8 Å². The minimum Gasteiger partial charge on any atom is -0.497 e. The summed E-state index contributed by atoms with van der Waals surface area (Å²) < 4.78 is 27.4. The summed E-state index contributed by atoms with van der Waals surface area (Å²) in [6.45, 7) is 8.71. The quantitative estimate of drug-likeness (QED) is 0.349. The van der Waals surface area contributed by atoms with E-state index in [-0.39, 0.29) is 17.7 Å². The van der Waals surface area contributed by atoms with Crippen LogP contribution in [0.4, 0.5) is 10.1 Å². The molecule has 34 heavy (non-hydrogen) atoms. The zero-order chi connectivity index (χ0) is 24.7. The summed E-state index contributed by atoms with van der Waals surface area (Å²) in [4.78, 5) is 12.9. The molecule has 1 aromatic heterocycles. The van der Waals surface area contributed by atoms with Gasteiger partial charge < -0.3 is 19.4 Å². The van der Waals surface area contributed by atoms with Crippen LogP contribution in [0.5, 0.6) is 11.5 Å². The van der Waals surface area contributed by atoms with E-state index < -0.39 is 11.1 Å². The molecule has 2 atom stereocenters. The van der Waals surface area contributed by atoms with Crippen molar-refractivity contribution < 1.29 is 18.7 Å².